The highest BCUT2D eigenvalue weighted by Crippen LogP contribution is 2.22. The number of halogens is 4. The van der Waals surface area contributed by atoms with Crippen LogP contribution >= 0.6 is 15.9 Å². The van der Waals surface area contributed by atoms with Gasteiger partial charge in [-0.1, -0.05) is 15.9 Å². The van der Waals surface area contributed by atoms with E-state index in [1.54, 1.807) is 4.57 Å². The molecule has 0 aromatic carbocycles. The van der Waals surface area contributed by atoms with Gasteiger partial charge in [0.05, 0.1) is 18.4 Å². The van der Waals surface area contributed by atoms with Gasteiger partial charge in [0.2, 0.25) is 0 Å². The standard InChI is InChI=1S/C9H13BrF3N3O/c1-17-5-4-16-7(2-3-9(11,12)13)14-15-8(16)6-10/h2-6H2,1H3. The topological polar surface area (TPSA) is 39.9 Å². The molecule has 17 heavy (non-hydrogen) atoms. The summed E-state index contributed by atoms with van der Waals surface area (Å²) in [6.45, 7) is 0.870. The summed E-state index contributed by atoms with van der Waals surface area (Å²) >= 11 is 3.22. The fourth-order valence-corrected chi connectivity index (χ4v) is 1.77. The van der Waals surface area contributed by atoms with Crippen molar-refractivity contribution in [3.63, 3.8) is 0 Å². The van der Waals surface area contributed by atoms with Crippen molar-refractivity contribution in [3.05, 3.63) is 11.6 Å². The maximum Gasteiger partial charge on any atom is 0.389 e. The average Bonchev–Trinajstić information content (AvgIpc) is 2.64. The third-order valence-corrected chi connectivity index (χ3v) is 2.68. The molecule has 0 aliphatic heterocycles. The van der Waals surface area contributed by atoms with Gasteiger partial charge >= 0.3 is 6.18 Å². The molecule has 1 rings (SSSR count). The van der Waals surface area contributed by atoms with Gasteiger partial charge in [-0.3, -0.25) is 0 Å². The summed E-state index contributed by atoms with van der Waals surface area (Å²) < 4.78 is 42.9. The van der Waals surface area contributed by atoms with Crippen molar-refractivity contribution in [2.75, 3.05) is 13.7 Å². The van der Waals surface area contributed by atoms with E-state index in [0.717, 1.165) is 0 Å². The minimum atomic E-state index is -4.17. The number of aryl methyl sites for hydroxylation is 1. The monoisotopic (exact) mass is 315 g/mol. The van der Waals surface area contributed by atoms with E-state index in [9.17, 15) is 13.2 Å². The van der Waals surface area contributed by atoms with Crippen molar-refractivity contribution in [2.45, 2.75) is 30.9 Å². The van der Waals surface area contributed by atoms with Crippen LogP contribution in [0.4, 0.5) is 13.2 Å². The van der Waals surface area contributed by atoms with Gasteiger partial charge in [0.1, 0.15) is 11.6 Å². The summed E-state index contributed by atoms with van der Waals surface area (Å²) in [5.74, 6) is 0.952. The second-order valence-corrected chi connectivity index (χ2v) is 3.99. The Balaban J connectivity index is 2.73. The molecular weight excluding hydrogens is 303 g/mol. The zero-order valence-electron chi connectivity index (χ0n) is 9.30. The Morgan fingerprint density at radius 1 is 1.29 bits per heavy atom. The zero-order chi connectivity index (χ0) is 12.9. The number of ether oxygens (including phenoxy) is 1. The Morgan fingerprint density at radius 3 is 2.47 bits per heavy atom. The fraction of sp³-hybridized carbons (Fsp3) is 0.778. The fourth-order valence-electron chi connectivity index (χ4n) is 1.35. The second kappa shape index (κ2) is 6.34. The van der Waals surface area contributed by atoms with Crippen molar-refractivity contribution >= 4 is 15.9 Å². The lowest BCUT2D eigenvalue weighted by Gasteiger charge is -2.09. The van der Waals surface area contributed by atoms with Crippen molar-refractivity contribution in [1.82, 2.24) is 14.8 Å². The first-order valence-electron chi connectivity index (χ1n) is 5.00. The average molecular weight is 316 g/mol. The van der Waals surface area contributed by atoms with Gasteiger partial charge in [-0.25, -0.2) is 0 Å². The number of rotatable bonds is 6. The summed E-state index contributed by atoms with van der Waals surface area (Å²) in [5, 5.41) is 8.06. The molecule has 0 saturated heterocycles. The summed E-state index contributed by atoms with van der Waals surface area (Å²) in [4.78, 5) is 0. The quantitative estimate of drug-likeness (QED) is 0.756. The number of aromatic nitrogens is 3. The highest BCUT2D eigenvalue weighted by atomic mass is 79.9. The Kier molecular flexibility index (Phi) is 5.38. The van der Waals surface area contributed by atoms with E-state index in [1.807, 2.05) is 0 Å². The normalized spacial score (nSPS) is 12.1. The van der Waals surface area contributed by atoms with Crippen LogP contribution in [0.1, 0.15) is 18.1 Å². The van der Waals surface area contributed by atoms with Crippen LogP contribution in [0.5, 0.6) is 0 Å². The molecule has 8 heteroatoms. The maximum absolute atomic E-state index is 12.1. The number of hydrogen-bond acceptors (Lipinski definition) is 3. The Bertz CT molecular complexity index is 354. The van der Waals surface area contributed by atoms with Gasteiger partial charge in [-0.15, -0.1) is 10.2 Å². The van der Waals surface area contributed by atoms with E-state index in [0.29, 0.717) is 30.1 Å². The zero-order valence-corrected chi connectivity index (χ0v) is 10.9. The van der Waals surface area contributed by atoms with E-state index < -0.39 is 12.6 Å². The molecule has 4 nitrogen and oxygen atoms in total. The van der Waals surface area contributed by atoms with Crippen molar-refractivity contribution in [2.24, 2.45) is 0 Å². The number of nitrogens with zero attached hydrogens (tertiary/aromatic N) is 3. The molecule has 1 aromatic rings. The van der Waals surface area contributed by atoms with E-state index >= 15 is 0 Å². The van der Waals surface area contributed by atoms with Crippen LogP contribution in [0.25, 0.3) is 0 Å². The van der Waals surface area contributed by atoms with Crippen LogP contribution in [0.2, 0.25) is 0 Å². The molecule has 0 spiro atoms. The van der Waals surface area contributed by atoms with Crippen molar-refractivity contribution in [3.8, 4) is 0 Å². The van der Waals surface area contributed by atoms with Crippen LogP contribution in [0.15, 0.2) is 0 Å². The van der Waals surface area contributed by atoms with Crippen LogP contribution in [0, 0.1) is 0 Å². The first-order valence-corrected chi connectivity index (χ1v) is 6.12. The largest absolute Gasteiger partial charge is 0.389 e. The first kappa shape index (κ1) is 14.4. The molecule has 0 aliphatic rings. The molecule has 0 aliphatic carbocycles. The Hall–Kier alpha value is -0.630. The molecule has 98 valence electrons. The highest BCUT2D eigenvalue weighted by molar-refractivity contribution is 9.08. The first-order chi connectivity index (χ1) is 7.98. The molecule has 0 bridgehead atoms. The van der Waals surface area contributed by atoms with Crippen LogP contribution in [-0.4, -0.2) is 34.7 Å². The highest BCUT2D eigenvalue weighted by Gasteiger charge is 2.28. The van der Waals surface area contributed by atoms with Gasteiger partial charge in [0.25, 0.3) is 0 Å². The van der Waals surface area contributed by atoms with Gasteiger partial charge < -0.3 is 9.30 Å². The molecule has 0 amide bonds. The summed E-state index contributed by atoms with van der Waals surface area (Å²) in [5.41, 5.74) is 0. The van der Waals surface area contributed by atoms with Crippen molar-refractivity contribution in [1.29, 1.82) is 0 Å². The van der Waals surface area contributed by atoms with E-state index in [1.165, 1.54) is 7.11 Å². The van der Waals surface area contributed by atoms with Crippen LogP contribution in [0.3, 0.4) is 0 Å². The lowest BCUT2D eigenvalue weighted by molar-refractivity contribution is -0.134. The van der Waals surface area contributed by atoms with Crippen molar-refractivity contribution < 1.29 is 17.9 Å². The van der Waals surface area contributed by atoms with E-state index in [2.05, 4.69) is 26.1 Å². The van der Waals surface area contributed by atoms with Gasteiger partial charge in [-0.2, -0.15) is 13.2 Å². The molecule has 0 radical (unpaired) electrons. The minimum absolute atomic E-state index is 0.160. The molecule has 0 N–H and O–H groups in total. The van der Waals surface area contributed by atoms with E-state index in [4.69, 9.17) is 4.74 Å². The molecule has 1 aromatic heterocycles. The molecule has 0 fully saturated rings. The molecule has 0 atom stereocenters. The Labute approximate surface area is 105 Å². The third kappa shape index (κ3) is 4.63. The third-order valence-electron chi connectivity index (χ3n) is 2.17. The summed E-state index contributed by atoms with van der Waals surface area (Å²) in [6, 6.07) is 0. The lowest BCUT2D eigenvalue weighted by Crippen LogP contribution is -2.14. The van der Waals surface area contributed by atoms with E-state index in [-0.39, 0.29) is 6.42 Å². The number of hydrogen-bond donors (Lipinski definition) is 0. The predicted octanol–water partition coefficient (Wildman–Crippen LogP) is 2.31. The molecule has 1 heterocycles. The van der Waals surface area contributed by atoms with Gasteiger partial charge in [-0.05, 0) is 0 Å². The van der Waals surface area contributed by atoms with Crippen LogP contribution in [-0.2, 0) is 23.0 Å². The lowest BCUT2D eigenvalue weighted by atomic mass is 10.3. The smallest absolute Gasteiger partial charge is 0.383 e. The minimum Gasteiger partial charge on any atom is -0.383 e. The molecule has 0 saturated carbocycles. The summed E-state index contributed by atoms with van der Waals surface area (Å²) in [7, 11) is 1.54. The predicted molar refractivity (Wildman–Crippen MR) is 58.9 cm³/mol. The summed E-state index contributed by atoms with van der Waals surface area (Å²) in [6.07, 6.45) is -5.22. The van der Waals surface area contributed by atoms with Crippen LogP contribution < -0.4 is 0 Å². The number of alkyl halides is 4. The number of methoxy groups -OCH3 is 1. The van der Waals surface area contributed by atoms with Gasteiger partial charge in [0, 0.05) is 20.1 Å². The SMILES string of the molecule is COCCn1c(CBr)nnc1CCC(F)(F)F. The maximum atomic E-state index is 12.1. The molecular formula is C9H13BrF3N3O. The van der Waals surface area contributed by atoms with Gasteiger partial charge in [0.15, 0.2) is 0 Å². The second-order valence-electron chi connectivity index (χ2n) is 3.43. The molecule has 0 unspecified atom stereocenters. The Morgan fingerprint density at radius 2 is 1.94 bits per heavy atom.